The molecule has 0 fully saturated rings. The van der Waals surface area contributed by atoms with E-state index in [9.17, 15) is 0 Å². The van der Waals surface area contributed by atoms with Crippen LogP contribution < -0.4 is 0 Å². The van der Waals surface area contributed by atoms with Crippen molar-refractivity contribution in [2.45, 2.75) is 17.4 Å². The van der Waals surface area contributed by atoms with Crippen LogP contribution in [-0.4, -0.2) is 17.4 Å². The van der Waals surface area contributed by atoms with E-state index < -0.39 is 0 Å². The van der Waals surface area contributed by atoms with Crippen molar-refractivity contribution in [2.24, 2.45) is 0 Å². The van der Waals surface area contributed by atoms with Gasteiger partial charge in [-0.1, -0.05) is 0 Å². The fourth-order valence-corrected chi connectivity index (χ4v) is 0. The van der Waals surface area contributed by atoms with Crippen LogP contribution in [0.3, 0.4) is 0 Å². The fourth-order valence-electron chi connectivity index (χ4n) is 0. The molecule has 0 nitrogen and oxygen atoms in total. The number of hydrogen-bond acceptors (Lipinski definition) is 0. The van der Waals surface area contributed by atoms with Crippen LogP contribution in [0.25, 0.3) is 0 Å². The second-order valence-electron chi connectivity index (χ2n) is 0.816. The average Bonchev–Trinajstić information content (AvgIpc) is 1.37. The zero-order valence-electron chi connectivity index (χ0n) is 4.28. The van der Waals surface area contributed by atoms with Crippen LogP contribution >= 0.6 is 0 Å². The molecule has 1 radical (unpaired) electrons. The standard InChI is InChI=1S/C2H5.CH3.Ga.H/c1-2;;;/h1H2,2H3;1H3;;/q;;;-1. The third-order valence-electron chi connectivity index (χ3n) is 0.408. The Bertz CT molecular complexity index is 8.85. The van der Waals surface area contributed by atoms with Crippen molar-refractivity contribution in [3.8, 4) is 0 Å². The van der Waals surface area contributed by atoms with E-state index in [-0.39, 0.29) is 1.43 Å². The molecule has 0 N–H and O–H groups in total. The summed E-state index contributed by atoms with van der Waals surface area (Å²) in [6, 6.07) is 0. The Balaban J connectivity index is 0. The van der Waals surface area contributed by atoms with E-state index in [1.54, 1.807) is 0 Å². The van der Waals surface area contributed by atoms with Gasteiger partial charge in [0.15, 0.2) is 0 Å². The van der Waals surface area contributed by atoms with E-state index in [4.69, 9.17) is 0 Å². The minimum absolute atomic E-state index is 0. The van der Waals surface area contributed by atoms with Crippen molar-refractivity contribution in [3.63, 3.8) is 0 Å². The molecule has 0 aromatic carbocycles. The molecule has 0 aliphatic carbocycles. The molecule has 0 saturated carbocycles. The minimum atomic E-state index is 0. The quantitative estimate of drug-likeness (QED) is 0.451. The smallest absolute Gasteiger partial charge is 1.00 e. The maximum absolute atomic E-state index is 2.34. The zero-order valence-corrected chi connectivity index (χ0v) is 5.71. The molecule has 0 aliphatic rings. The van der Waals surface area contributed by atoms with Crippen molar-refractivity contribution in [3.05, 3.63) is 0 Å². The van der Waals surface area contributed by atoms with Crippen molar-refractivity contribution in [1.82, 2.24) is 0 Å². The van der Waals surface area contributed by atoms with E-state index in [2.05, 4.69) is 12.4 Å². The summed E-state index contributed by atoms with van der Waals surface area (Å²) in [5.41, 5.74) is 2.34. The summed E-state index contributed by atoms with van der Waals surface area (Å²) >= 11 is 0.312. The maximum Gasteiger partial charge on any atom is -1.00 e. The Kier molecular flexibility index (Phi) is 4.21. The van der Waals surface area contributed by atoms with Crippen molar-refractivity contribution in [1.29, 1.82) is 0 Å². The SMILES string of the molecule is C[CH2][Ga][CH3].[H-]. The van der Waals surface area contributed by atoms with Crippen LogP contribution in [0.5, 0.6) is 0 Å². The summed E-state index contributed by atoms with van der Waals surface area (Å²) in [5.74, 6) is 0. The van der Waals surface area contributed by atoms with Crippen LogP contribution in [0.15, 0.2) is 0 Å². The van der Waals surface area contributed by atoms with Gasteiger partial charge < -0.3 is 1.43 Å². The molecule has 0 unspecified atom stereocenters. The first kappa shape index (κ1) is 4.64. The predicted molar refractivity (Wildman–Crippen MR) is 23.2 cm³/mol. The Morgan fingerprint density at radius 2 is 2.25 bits per heavy atom. The minimum Gasteiger partial charge on any atom is -1.00 e. The van der Waals surface area contributed by atoms with E-state index in [1.807, 2.05) is 0 Å². The summed E-state index contributed by atoms with van der Waals surface area (Å²) in [5, 5.41) is 0. The first-order valence-electron chi connectivity index (χ1n) is 1.69. The van der Waals surface area contributed by atoms with Gasteiger partial charge in [-0.3, -0.25) is 0 Å². The molecule has 0 aromatic rings. The molecule has 25 valence electrons. The van der Waals surface area contributed by atoms with E-state index in [0.717, 1.165) is 0 Å². The van der Waals surface area contributed by atoms with Gasteiger partial charge >= 0.3 is 34.8 Å². The molecule has 0 atom stereocenters. The third-order valence-corrected chi connectivity index (χ3v) is 2.12. The molecule has 0 heterocycles. The fraction of sp³-hybridized carbons (Fsp3) is 1.00. The first-order chi connectivity index (χ1) is 1.91. The molecule has 0 amide bonds. The van der Waals surface area contributed by atoms with Crippen LogP contribution in [0.4, 0.5) is 0 Å². The monoisotopic (exact) mass is 114 g/mol. The van der Waals surface area contributed by atoms with Crippen LogP contribution in [0.2, 0.25) is 10.5 Å². The maximum atomic E-state index is 2.34. The van der Waals surface area contributed by atoms with Gasteiger partial charge in [0.2, 0.25) is 0 Å². The Hall–Kier alpha value is 0.636. The number of rotatable bonds is 1. The van der Waals surface area contributed by atoms with Crippen LogP contribution in [0, 0.1) is 0 Å². The average molecular weight is 115 g/mol. The predicted octanol–water partition coefficient (Wildman–Crippen LogP) is 1.29. The van der Waals surface area contributed by atoms with Crippen LogP contribution in [0.1, 0.15) is 8.35 Å². The summed E-state index contributed by atoms with van der Waals surface area (Å²) < 4.78 is 0. The van der Waals surface area contributed by atoms with Crippen molar-refractivity contribution >= 4 is 17.4 Å². The molecule has 0 saturated heterocycles. The normalized spacial score (nSPS) is 6.50. The van der Waals surface area contributed by atoms with Gasteiger partial charge in [-0.15, -0.1) is 0 Å². The van der Waals surface area contributed by atoms with Gasteiger partial charge in [0.1, 0.15) is 0 Å². The topological polar surface area (TPSA) is 0 Å². The molecule has 0 aliphatic heterocycles. The van der Waals surface area contributed by atoms with Gasteiger partial charge in [-0.05, 0) is 0 Å². The van der Waals surface area contributed by atoms with Crippen LogP contribution in [-0.2, 0) is 0 Å². The molecule has 0 aromatic heterocycles. The molecule has 4 heavy (non-hydrogen) atoms. The van der Waals surface area contributed by atoms with Gasteiger partial charge in [0.05, 0.1) is 0 Å². The van der Waals surface area contributed by atoms with Gasteiger partial charge in [0, 0.05) is 0 Å². The largest absolute Gasteiger partial charge is 1.00 e. The van der Waals surface area contributed by atoms with Crippen molar-refractivity contribution < 1.29 is 1.43 Å². The molecule has 0 bridgehead atoms. The van der Waals surface area contributed by atoms with E-state index in [1.165, 1.54) is 4.98 Å². The molecule has 0 spiro atoms. The summed E-state index contributed by atoms with van der Waals surface area (Å²) in [6.45, 7) is 2.25. The third kappa shape index (κ3) is 2.64. The second-order valence-corrected chi connectivity index (χ2v) is 4.24. The van der Waals surface area contributed by atoms with E-state index in [0.29, 0.717) is 17.4 Å². The number of hydrogen-bond donors (Lipinski definition) is 0. The van der Waals surface area contributed by atoms with Crippen molar-refractivity contribution in [2.75, 3.05) is 0 Å². The van der Waals surface area contributed by atoms with E-state index >= 15 is 0 Å². The summed E-state index contributed by atoms with van der Waals surface area (Å²) in [6.07, 6.45) is 0. The molecule has 0 rings (SSSR count). The molecular formula is C3H9Ga-. The Morgan fingerprint density at radius 1 is 2.00 bits per heavy atom. The van der Waals surface area contributed by atoms with Gasteiger partial charge in [0.25, 0.3) is 0 Å². The summed E-state index contributed by atoms with van der Waals surface area (Å²) in [4.78, 5) is 1.48. The molecular weight excluding hydrogens is 106 g/mol. The first-order valence-corrected chi connectivity index (χ1v) is 5.83. The van der Waals surface area contributed by atoms with Gasteiger partial charge in [-0.2, -0.15) is 0 Å². The Morgan fingerprint density at radius 3 is 2.25 bits per heavy atom. The van der Waals surface area contributed by atoms with Gasteiger partial charge in [-0.25, -0.2) is 0 Å². The zero-order chi connectivity index (χ0) is 3.41. The Labute approximate surface area is 36.9 Å². The second kappa shape index (κ2) is 3.64. The molecule has 1 heteroatoms. The summed E-state index contributed by atoms with van der Waals surface area (Å²) in [7, 11) is 0.